The van der Waals surface area contributed by atoms with E-state index >= 15 is 0 Å². The number of primary amides is 1. The molecule has 2 saturated heterocycles. The van der Waals surface area contributed by atoms with Crippen LogP contribution in [0.3, 0.4) is 0 Å². The van der Waals surface area contributed by atoms with Gasteiger partial charge in [-0.15, -0.1) is 0 Å². The average molecular weight is 415 g/mol. The van der Waals surface area contributed by atoms with Crippen LogP contribution in [0.25, 0.3) is 11.0 Å². The van der Waals surface area contributed by atoms with E-state index in [4.69, 9.17) is 5.73 Å². The molecule has 3 heterocycles. The molecule has 3 atom stereocenters. The van der Waals surface area contributed by atoms with Crippen LogP contribution in [0.1, 0.15) is 44.9 Å². The monoisotopic (exact) mass is 415 g/mol. The number of aryl methyl sites for hydroxylation is 1. The van der Waals surface area contributed by atoms with E-state index in [2.05, 4.69) is 15.3 Å². The van der Waals surface area contributed by atoms with Gasteiger partial charge in [0.2, 0.25) is 17.7 Å². The van der Waals surface area contributed by atoms with Crippen LogP contribution < -0.4 is 11.1 Å². The topological polar surface area (TPSA) is 121 Å². The highest BCUT2D eigenvalue weighted by molar-refractivity contribution is 5.90. The van der Waals surface area contributed by atoms with Crippen molar-refractivity contribution < 1.29 is 18.8 Å². The third kappa shape index (κ3) is 3.42. The summed E-state index contributed by atoms with van der Waals surface area (Å²) >= 11 is 0. The van der Waals surface area contributed by atoms with E-state index in [1.54, 1.807) is 6.07 Å². The molecule has 160 valence electrons. The molecule has 8 nitrogen and oxygen atoms in total. The Morgan fingerprint density at radius 2 is 2.17 bits per heavy atom. The van der Waals surface area contributed by atoms with E-state index in [1.165, 1.54) is 12.1 Å². The van der Waals surface area contributed by atoms with Gasteiger partial charge in [0.15, 0.2) is 0 Å². The van der Waals surface area contributed by atoms with Crippen LogP contribution in [0.4, 0.5) is 4.39 Å². The summed E-state index contributed by atoms with van der Waals surface area (Å²) in [5.74, 6) is -0.499. The lowest BCUT2D eigenvalue weighted by Crippen LogP contribution is -2.51. The number of aromatic nitrogens is 2. The lowest BCUT2D eigenvalue weighted by atomic mass is 9.71. The normalized spacial score (nSPS) is 25.1. The van der Waals surface area contributed by atoms with Crippen molar-refractivity contribution >= 4 is 28.8 Å². The van der Waals surface area contributed by atoms with Gasteiger partial charge in [0.05, 0.1) is 23.0 Å². The SMILES string of the molecule is CC[C@]1(C(=O)NCC(N)=O)C[C@H]2CC[C@@H]1N2C(=O)CCc1nc2ccc(F)cc2[nH]1. The number of amides is 3. The molecule has 0 spiro atoms. The first kappa shape index (κ1) is 20.3. The number of carbonyl (C=O) groups is 3. The molecule has 0 aliphatic carbocycles. The van der Waals surface area contributed by atoms with Gasteiger partial charge < -0.3 is 20.9 Å². The molecule has 4 N–H and O–H groups in total. The minimum absolute atomic E-state index is 0.00726. The van der Waals surface area contributed by atoms with Gasteiger partial charge in [-0.3, -0.25) is 14.4 Å². The first-order valence-electron chi connectivity index (χ1n) is 10.4. The number of H-pyrrole nitrogens is 1. The molecular weight excluding hydrogens is 389 g/mol. The molecule has 30 heavy (non-hydrogen) atoms. The number of hydrogen-bond acceptors (Lipinski definition) is 4. The summed E-state index contributed by atoms with van der Waals surface area (Å²) in [5, 5.41) is 2.64. The van der Waals surface area contributed by atoms with E-state index in [1.807, 2.05) is 11.8 Å². The van der Waals surface area contributed by atoms with E-state index < -0.39 is 11.3 Å². The highest BCUT2D eigenvalue weighted by Crippen LogP contribution is 2.52. The molecule has 2 aromatic rings. The lowest BCUT2D eigenvalue weighted by molar-refractivity contribution is -0.137. The Kier molecular flexibility index (Phi) is 5.21. The van der Waals surface area contributed by atoms with Gasteiger partial charge in [0.25, 0.3) is 0 Å². The zero-order valence-electron chi connectivity index (χ0n) is 16.9. The smallest absolute Gasteiger partial charge is 0.236 e. The molecular formula is C21H26FN5O3. The van der Waals surface area contributed by atoms with Crippen LogP contribution in [0.2, 0.25) is 0 Å². The van der Waals surface area contributed by atoms with E-state index in [-0.39, 0.29) is 42.7 Å². The minimum Gasteiger partial charge on any atom is -0.368 e. The molecule has 0 unspecified atom stereocenters. The summed E-state index contributed by atoms with van der Waals surface area (Å²) < 4.78 is 13.4. The third-order valence-corrected chi connectivity index (χ3v) is 6.60. The minimum atomic E-state index is -0.676. The van der Waals surface area contributed by atoms with Crippen molar-refractivity contribution in [2.75, 3.05) is 6.54 Å². The number of nitrogens with two attached hydrogens (primary N) is 1. The number of halogens is 1. The quantitative estimate of drug-likeness (QED) is 0.633. The van der Waals surface area contributed by atoms with Gasteiger partial charge in [-0.05, 0) is 43.9 Å². The van der Waals surface area contributed by atoms with Crippen molar-refractivity contribution in [3.8, 4) is 0 Å². The van der Waals surface area contributed by atoms with E-state index in [9.17, 15) is 18.8 Å². The molecule has 2 fully saturated rings. The lowest BCUT2D eigenvalue weighted by Gasteiger charge is -2.35. The van der Waals surface area contributed by atoms with E-state index in [0.29, 0.717) is 36.1 Å². The first-order valence-corrected chi connectivity index (χ1v) is 10.4. The van der Waals surface area contributed by atoms with Crippen LogP contribution in [-0.2, 0) is 20.8 Å². The van der Waals surface area contributed by atoms with Crippen molar-refractivity contribution in [2.45, 2.75) is 57.5 Å². The second-order valence-corrected chi connectivity index (χ2v) is 8.26. The largest absolute Gasteiger partial charge is 0.368 e. The molecule has 3 amide bonds. The van der Waals surface area contributed by atoms with Gasteiger partial charge in [-0.2, -0.15) is 0 Å². The first-order chi connectivity index (χ1) is 14.3. The van der Waals surface area contributed by atoms with Gasteiger partial charge in [0.1, 0.15) is 11.6 Å². The fraction of sp³-hybridized carbons (Fsp3) is 0.524. The molecule has 0 saturated carbocycles. The Morgan fingerprint density at radius 1 is 1.37 bits per heavy atom. The third-order valence-electron chi connectivity index (χ3n) is 6.60. The van der Waals surface area contributed by atoms with Gasteiger partial charge in [-0.25, -0.2) is 9.37 Å². The fourth-order valence-electron chi connectivity index (χ4n) is 5.20. The average Bonchev–Trinajstić information content (AvgIpc) is 3.40. The number of fused-ring (bicyclic) bond motifs is 3. The van der Waals surface area contributed by atoms with Crippen LogP contribution in [-0.4, -0.2) is 51.2 Å². The van der Waals surface area contributed by atoms with Crippen molar-refractivity contribution in [3.05, 3.63) is 29.8 Å². The molecule has 4 rings (SSSR count). The van der Waals surface area contributed by atoms with Crippen LogP contribution in [0, 0.1) is 11.2 Å². The maximum Gasteiger partial charge on any atom is 0.236 e. The number of hydrogen-bond donors (Lipinski definition) is 3. The Hall–Kier alpha value is -2.97. The highest BCUT2D eigenvalue weighted by Gasteiger charge is 2.59. The summed E-state index contributed by atoms with van der Waals surface area (Å²) in [6.07, 6.45) is 3.53. The van der Waals surface area contributed by atoms with Crippen LogP contribution >= 0.6 is 0 Å². The van der Waals surface area contributed by atoms with Gasteiger partial charge in [0, 0.05) is 24.9 Å². The molecule has 2 aliphatic rings. The maximum absolute atomic E-state index is 13.4. The molecule has 9 heteroatoms. The van der Waals surface area contributed by atoms with Crippen LogP contribution in [0.5, 0.6) is 0 Å². The Bertz CT molecular complexity index is 1010. The molecule has 0 radical (unpaired) electrons. The number of rotatable bonds is 7. The standard InChI is InChI=1S/C21H26FN5O3/c1-2-21(20(30)24-11-17(23)28)10-13-4-6-16(21)27(13)19(29)8-7-18-25-14-5-3-12(22)9-15(14)26-18/h3,5,9,13,16H,2,4,6-8,10-11H2,1H3,(H2,23,28)(H,24,30)(H,25,26)/t13-,16+,21+/m1/s1. The number of nitrogens with zero attached hydrogens (tertiary/aromatic N) is 2. The summed E-state index contributed by atoms with van der Waals surface area (Å²) in [6.45, 7) is 1.75. The zero-order chi connectivity index (χ0) is 21.5. The van der Waals surface area contributed by atoms with Crippen molar-refractivity contribution in [2.24, 2.45) is 11.1 Å². The highest BCUT2D eigenvalue weighted by atomic mass is 19.1. The number of carbonyl (C=O) groups excluding carboxylic acids is 3. The summed E-state index contributed by atoms with van der Waals surface area (Å²) in [7, 11) is 0. The molecule has 1 aromatic carbocycles. The van der Waals surface area contributed by atoms with Gasteiger partial charge >= 0.3 is 0 Å². The number of aromatic amines is 1. The van der Waals surface area contributed by atoms with Crippen molar-refractivity contribution in [1.29, 1.82) is 0 Å². The molecule has 2 bridgehead atoms. The number of imidazole rings is 1. The zero-order valence-corrected chi connectivity index (χ0v) is 16.9. The predicted molar refractivity (Wildman–Crippen MR) is 108 cm³/mol. The summed E-state index contributed by atoms with van der Waals surface area (Å²) in [5.41, 5.74) is 5.75. The van der Waals surface area contributed by atoms with Crippen molar-refractivity contribution in [1.82, 2.24) is 20.2 Å². The fourth-order valence-corrected chi connectivity index (χ4v) is 5.20. The van der Waals surface area contributed by atoms with Gasteiger partial charge in [-0.1, -0.05) is 6.92 Å². The van der Waals surface area contributed by atoms with Crippen LogP contribution in [0.15, 0.2) is 18.2 Å². The summed E-state index contributed by atoms with van der Waals surface area (Å²) in [6, 6.07) is 4.21. The second kappa shape index (κ2) is 7.70. The Morgan fingerprint density at radius 3 is 2.90 bits per heavy atom. The number of nitrogens with one attached hydrogen (secondary N) is 2. The summed E-state index contributed by atoms with van der Waals surface area (Å²) in [4.78, 5) is 46.3. The maximum atomic E-state index is 13.4. The molecule has 1 aromatic heterocycles. The number of benzene rings is 1. The molecule has 2 aliphatic heterocycles. The second-order valence-electron chi connectivity index (χ2n) is 8.26. The predicted octanol–water partition coefficient (Wildman–Crippen LogP) is 1.40. The Labute approximate surface area is 173 Å². The Balaban J connectivity index is 1.45. The van der Waals surface area contributed by atoms with E-state index in [0.717, 1.165) is 12.8 Å². The van der Waals surface area contributed by atoms with Crippen molar-refractivity contribution in [3.63, 3.8) is 0 Å².